The Hall–Kier alpha value is -1.38. The number of nitrogens with one attached hydrogen (secondary N) is 1. The van der Waals surface area contributed by atoms with E-state index in [1.165, 1.54) is 5.69 Å². The number of hydrogen-bond donors (Lipinski definition) is 1. The van der Waals surface area contributed by atoms with Crippen LogP contribution in [0.1, 0.15) is 12.8 Å². The van der Waals surface area contributed by atoms with Gasteiger partial charge >= 0.3 is 0 Å². The van der Waals surface area contributed by atoms with Crippen molar-refractivity contribution in [3.05, 3.63) is 58.6 Å². The highest BCUT2D eigenvalue weighted by atomic mass is 35.5. The molecule has 1 N–H and O–H groups in total. The van der Waals surface area contributed by atoms with Gasteiger partial charge in [-0.3, -0.25) is 0 Å². The number of benzene rings is 2. The molecule has 21 heavy (non-hydrogen) atoms. The number of halogens is 2. The van der Waals surface area contributed by atoms with Gasteiger partial charge in [0.15, 0.2) is 0 Å². The van der Waals surface area contributed by atoms with Crippen LogP contribution in [0.3, 0.4) is 0 Å². The lowest BCUT2D eigenvalue weighted by molar-refractivity contribution is 0.527. The molecule has 1 aliphatic heterocycles. The van der Waals surface area contributed by atoms with Gasteiger partial charge in [0, 0.05) is 40.6 Å². The molecule has 4 heteroatoms. The second-order valence-corrected chi connectivity index (χ2v) is 6.27. The van der Waals surface area contributed by atoms with Gasteiger partial charge in [-0.25, -0.2) is 0 Å². The molecule has 0 saturated carbocycles. The summed E-state index contributed by atoms with van der Waals surface area (Å²) in [6, 6.07) is 16.7. The number of rotatable bonds is 3. The van der Waals surface area contributed by atoms with E-state index in [0.29, 0.717) is 16.1 Å². The molecule has 3 rings (SSSR count). The van der Waals surface area contributed by atoms with E-state index in [-0.39, 0.29) is 0 Å². The Morgan fingerprint density at radius 2 is 1.52 bits per heavy atom. The molecule has 1 aliphatic rings. The van der Waals surface area contributed by atoms with Gasteiger partial charge in [0.25, 0.3) is 0 Å². The quantitative estimate of drug-likeness (QED) is 0.848. The van der Waals surface area contributed by atoms with Gasteiger partial charge in [0.05, 0.1) is 0 Å². The summed E-state index contributed by atoms with van der Waals surface area (Å²) in [6.07, 6.45) is 2.22. The van der Waals surface area contributed by atoms with E-state index >= 15 is 0 Å². The number of para-hydroxylation sites is 1. The van der Waals surface area contributed by atoms with Crippen LogP contribution in [0.4, 0.5) is 11.4 Å². The van der Waals surface area contributed by atoms with Gasteiger partial charge in [0.1, 0.15) is 0 Å². The summed E-state index contributed by atoms with van der Waals surface area (Å²) in [6.45, 7) is 2.13. The van der Waals surface area contributed by atoms with Crippen molar-refractivity contribution in [1.82, 2.24) is 0 Å². The maximum absolute atomic E-state index is 6.04. The Bertz CT molecular complexity index is 573. The molecular weight excluding hydrogens is 303 g/mol. The molecule has 0 aromatic heterocycles. The Balaban J connectivity index is 1.58. The smallest absolute Gasteiger partial charge is 0.0441 e. The van der Waals surface area contributed by atoms with Gasteiger partial charge < -0.3 is 10.2 Å². The van der Waals surface area contributed by atoms with Gasteiger partial charge in [-0.05, 0) is 43.2 Å². The summed E-state index contributed by atoms with van der Waals surface area (Å²) in [5.74, 6) is 0. The van der Waals surface area contributed by atoms with E-state index in [9.17, 15) is 0 Å². The van der Waals surface area contributed by atoms with Gasteiger partial charge in [-0.1, -0.05) is 41.4 Å². The molecule has 1 heterocycles. The summed E-state index contributed by atoms with van der Waals surface area (Å²) in [4.78, 5) is 2.43. The Morgan fingerprint density at radius 1 is 0.905 bits per heavy atom. The molecule has 110 valence electrons. The first-order valence-electron chi connectivity index (χ1n) is 7.23. The molecule has 2 aromatic rings. The highest BCUT2D eigenvalue weighted by Crippen LogP contribution is 2.26. The Labute approximate surface area is 135 Å². The first-order chi connectivity index (χ1) is 10.2. The second kappa shape index (κ2) is 6.59. The third-order valence-corrected chi connectivity index (χ3v) is 4.29. The van der Waals surface area contributed by atoms with Crippen LogP contribution >= 0.6 is 23.2 Å². The zero-order chi connectivity index (χ0) is 14.7. The van der Waals surface area contributed by atoms with Gasteiger partial charge in [0.2, 0.25) is 0 Å². The third-order valence-electron chi connectivity index (χ3n) is 3.85. The predicted octanol–water partition coefficient (Wildman–Crippen LogP) is 5.07. The molecule has 2 aromatic carbocycles. The summed E-state index contributed by atoms with van der Waals surface area (Å²) < 4.78 is 0. The van der Waals surface area contributed by atoms with Crippen LogP contribution in [0.15, 0.2) is 48.5 Å². The minimum absolute atomic E-state index is 0.472. The Morgan fingerprint density at radius 3 is 2.14 bits per heavy atom. The topological polar surface area (TPSA) is 15.3 Å². The van der Waals surface area contributed by atoms with Crippen molar-refractivity contribution in [2.75, 3.05) is 23.3 Å². The minimum atomic E-state index is 0.472. The lowest BCUT2D eigenvalue weighted by Gasteiger charge is -2.34. The van der Waals surface area contributed by atoms with Crippen LogP contribution in [0, 0.1) is 0 Å². The number of hydrogen-bond acceptors (Lipinski definition) is 2. The maximum Gasteiger partial charge on any atom is 0.0441 e. The maximum atomic E-state index is 6.04. The van der Waals surface area contributed by atoms with E-state index in [4.69, 9.17) is 23.2 Å². The zero-order valence-corrected chi connectivity index (χ0v) is 13.2. The molecular formula is C17H18Cl2N2. The van der Waals surface area contributed by atoms with E-state index in [1.807, 2.05) is 12.1 Å². The molecule has 2 nitrogen and oxygen atoms in total. The fourth-order valence-corrected chi connectivity index (χ4v) is 3.32. The van der Waals surface area contributed by atoms with Crippen molar-refractivity contribution in [3.63, 3.8) is 0 Å². The monoisotopic (exact) mass is 320 g/mol. The summed E-state index contributed by atoms with van der Waals surface area (Å²) in [5, 5.41) is 4.88. The zero-order valence-electron chi connectivity index (χ0n) is 11.7. The van der Waals surface area contributed by atoms with Gasteiger partial charge in [-0.2, -0.15) is 0 Å². The molecule has 1 saturated heterocycles. The van der Waals surface area contributed by atoms with E-state index in [2.05, 4.69) is 40.5 Å². The van der Waals surface area contributed by atoms with Crippen molar-refractivity contribution in [2.45, 2.75) is 18.9 Å². The van der Waals surface area contributed by atoms with Crippen LogP contribution in [0.25, 0.3) is 0 Å². The second-order valence-electron chi connectivity index (χ2n) is 5.40. The highest BCUT2D eigenvalue weighted by molar-refractivity contribution is 6.35. The van der Waals surface area contributed by atoms with Crippen LogP contribution in [0.5, 0.6) is 0 Å². The first-order valence-corrected chi connectivity index (χ1v) is 7.99. The SMILES string of the molecule is Clc1cc(Cl)cc(NC2CCN(c3ccccc3)CC2)c1. The van der Waals surface area contributed by atoms with Crippen LogP contribution in [0.2, 0.25) is 10.0 Å². The number of nitrogens with zero attached hydrogens (tertiary/aromatic N) is 1. The van der Waals surface area contributed by atoms with Crippen molar-refractivity contribution < 1.29 is 0 Å². The lowest BCUT2D eigenvalue weighted by atomic mass is 10.0. The first kappa shape index (κ1) is 14.6. The van der Waals surface area contributed by atoms with Crippen LogP contribution in [-0.4, -0.2) is 19.1 Å². The fraction of sp³-hybridized carbons (Fsp3) is 0.294. The van der Waals surface area contributed by atoms with Crippen molar-refractivity contribution in [2.24, 2.45) is 0 Å². The normalized spacial score (nSPS) is 16.0. The summed E-state index contributed by atoms with van der Waals surface area (Å²) in [7, 11) is 0. The van der Waals surface area contributed by atoms with Crippen LogP contribution in [-0.2, 0) is 0 Å². The summed E-state index contributed by atoms with van der Waals surface area (Å²) >= 11 is 12.1. The molecule has 1 fully saturated rings. The molecule has 0 amide bonds. The third kappa shape index (κ3) is 3.84. The van der Waals surface area contributed by atoms with Gasteiger partial charge in [-0.15, -0.1) is 0 Å². The van der Waals surface area contributed by atoms with E-state index < -0.39 is 0 Å². The standard InChI is InChI=1S/C17H18Cl2N2/c18-13-10-14(19)12-16(11-13)20-15-6-8-21(9-7-15)17-4-2-1-3-5-17/h1-5,10-12,15,20H,6-9H2. The van der Waals surface area contributed by atoms with E-state index in [0.717, 1.165) is 31.6 Å². The van der Waals surface area contributed by atoms with Crippen molar-refractivity contribution >= 4 is 34.6 Å². The van der Waals surface area contributed by atoms with Crippen molar-refractivity contribution in [3.8, 4) is 0 Å². The molecule has 0 aliphatic carbocycles. The molecule has 0 atom stereocenters. The summed E-state index contributed by atoms with van der Waals surface area (Å²) in [5.41, 5.74) is 2.31. The molecule has 0 spiro atoms. The molecule has 0 bridgehead atoms. The number of anilines is 2. The average molecular weight is 321 g/mol. The molecule has 0 radical (unpaired) electrons. The van der Waals surface area contributed by atoms with Crippen molar-refractivity contribution in [1.29, 1.82) is 0 Å². The largest absolute Gasteiger partial charge is 0.382 e. The predicted molar refractivity (Wildman–Crippen MR) is 91.8 cm³/mol. The Kier molecular flexibility index (Phi) is 4.57. The minimum Gasteiger partial charge on any atom is -0.382 e. The molecule has 0 unspecified atom stereocenters. The lowest BCUT2D eigenvalue weighted by Crippen LogP contribution is -2.39. The van der Waals surface area contributed by atoms with E-state index in [1.54, 1.807) is 6.07 Å². The van der Waals surface area contributed by atoms with Crippen LogP contribution < -0.4 is 10.2 Å². The fourth-order valence-electron chi connectivity index (χ4n) is 2.79. The average Bonchev–Trinajstić information content (AvgIpc) is 2.48. The number of piperidine rings is 1. The highest BCUT2D eigenvalue weighted by Gasteiger charge is 2.19.